The number of hydrogen-bond donors (Lipinski definition) is 1. The van der Waals surface area contributed by atoms with Gasteiger partial charge in [-0.2, -0.15) is 26.3 Å². The molecule has 116 valence electrons. The van der Waals surface area contributed by atoms with Crippen molar-refractivity contribution in [3.8, 4) is 0 Å². The fourth-order valence-corrected chi connectivity index (χ4v) is 2.94. The van der Waals surface area contributed by atoms with Gasteiger partial charge < -0.3 is 5.11 Å². The van der Waals surface area contributed by atoms with Gasteiger partial charge in [-0.05, 0) is 12.1 Å². The van der Waals surface area contributed by atoms with Crippen LogP contribution < -0.4 is 0 Å². The lowest BCUT2D eigenvalue weighted by atomic mass is 9.99. The number of alkyl halides is 6. The van der Waals surface area contributed by atoms with Gasteiger partial charge in [0.15, 0.2) is 5.92 Å². The molecule has 0 aliphatic carbocycles. The van der Waals surface area contributed by atoms with Crippen molar-refractivity contribution in [1.82, 2.24) is 4.98 Å². The average molecular weight is 329 g/mol. The Kier molecular flexibility index (Phi) is 4.16. The Morgan fingerprint density at radius 2 is 1.62 bits per heavy atom. The van der Waals surface area contributed by atoms with Gasteiger partial charge in [0.2, 0.25) is 0 Å². The Labute approximate surface area is 119 Å². The zero-order chi connectivity index (χ0) is 15.8. The number of halogens is 6. The van der Waals surface area contributed by atoms with Crippen molar-refractivity contribution in [1.29, 1.82) is 0 Å². The Morgan fingerprint density at radius 1 is 1.05 bits per heavy atom. The Balaban J connectivity index is 2.24. The molecule has 0 aliphatic rings. The quantitative estimate of drug-likeness (QED) is 0.865. The van der Waals surface area contributed by atoms with E-state index in [1.807, 2.05) is 0 Å². The molecule has 0 aliphatic heterocycles. The van der Waals surface area contributed by atoms with E-state index in [1.54, 1.807) is 24.3 Å². The van der Waals surface area contributed by atoms with Crippen LogP contribution in [0, 0.1) is 5.92 Å². The smallest absolute Gasteiger partial charge is 0.392 e. The van der Waals surface area contributed by atoms with E-state index in [9.17, 15) is 31.4 Å². The molecular formula is C12H9F6NOS. The first-order valence-electron chi connectivity index (χ1n) is 5.75. The molecular weight excluding hydrogens is 320 g/mol. The van der Waals surface area contributed by atoms with Crippen LogP contribution in [-0.2, 0) is 6.42 Å². The van der Waals surface area contributed by atoms with Crippen molar-refractivity contribution in [2.45, 2.75) is 24.9 Å². The topological polar surface area (TPSA) is 33.1 Å². The third kappa shape index (κ3) is 3.65. The largest absolute Gasteiger partial charge is 0.403 e. The molecule has 1 aromatic heterocycles. The van der Waals surface area contributed by atoms with Crippen LogP contribution in [0.3, 0.4) is 0 Å². The van der Waals surface area contributed by atoms with Crippen molar-refractivity contribution >= 4 is 21.6 Å². The van der Waals surface area contributed by atoms with Gasteiger partial charge >= 0.3 is 12.4 Å². The number of para-hydroxylation sites is 1. The number of aromatic nitrogens is 1. The van der Waals surface area contributed by atoms with Gasteiger partial charge in [-0.1, -0.05) is 12.1 Å². The van der Waals surface area contributed by atoms with Crippen LogP contribution >= 0.6 is 11.3 Å². The van der Waals surface area contributed by atoms with E-state index < -0.39 is 30.8 Å². The molecule has 21 heavy (non-hydrogen) atoms. The number of rotatable bonds is 3. The minimum Gasteiger partial charge on any atom is -0.392 e. The lowest BCUT2D eigenvalue weighted by Crippen LogP contribution is -2.45. The monoisotopic (exact) mass is 329 g/mol. The second-order valence-corrected chi connectivity index (χ2v) is 5.52. The van der Waals surface area contributed by atoms with Gasteiger partial charge in [0, 0.05) is 6.42 Å². The number of nitrogens with zero attached hydrogens (tertiary/aromatic N) is 1. The summed E-state index contributed by atoms with van der Waals surface area (Å²) in [5, 5.41) is 9.42. The first-order chi connectivity index (χ1) is 9.59. The Hall–Kier alpha value is -1.35. The van der Waals surface area contributed by atoms with Crippen LogP contribution in [0.25, 0.3) is 10.2 Å². The zero-order valence-corrected chi connectivity index (χ0v) is 11.1. The molecule has 1 N–H and O–H groups in total. The number of aliphatic hydroxyl groups excluding tert-OH is 1. The lowest BCUT2D eigenvalue weighted by molar-refractivity contribution is -0.305. The molecule has 0 amide bonds. The second kappa shape index (κ2) is 5.45. The molecule has 1 heterocycles. The third-order valence-corrected chi connectivity index (χ3v) is 3.87. The summed E-state index contributed by atoms with van der Waals surface area (Å²) in [6.45, 7) is 0. The number of aliphatic hydroxyl groups is 1. The summed E-state index contributed by atoms with van der Waals surface area (Å²) in [6, 6.07) is 6.56. The highest BCUT2D eigenvalue weighted by Crippen LogP contribution is 2.42. The summed E-state index contributed by atoms with van der Waals surface area (Å²) < 4.78 is 75.5. The van der Waals surface area contributed by atoms with Crippen LogP contribution in [-0.4, -0.2) is 28.5 Å². The summed E-state index contributed by atoms with van der Waals surface area (Å²) in [4.78, 5) is 3.92. The maximum atomic E-state index is 12.5. The first kappa shape index (κ1) is 16.0. The summed E-state index contributed by atoms with van der Waals surface area (Å²) in [5.41, 5.74) is 0.472. The lowest BCUT2D eigenvalue weighted by Gasteiger charge is -2.26. The minimum atomic E-state index is -5.56. The molecule has 2 nitrogen and oxygen atoms in total. The number of thiazole rings is 1. The first-order valence-corrected chi connectivity index (χ1v) is 6.56. The Morgan fingerprint density at radius 3 is 2.14 bits per heavy atom. The predicted molar refractivity (Wildman–Crippen MR) is 64.9 cm³/mol. The number of benzene rings is 1. The third-order valence-electron chi connectivity index (χ3n) is 2.81. The Bertz CT molecular complexity index is 573. The van der Waals surface area contributed by atoms with Crippen LogP contribution in [0.4, 0.5) is 26.3 Å². The average Bonchev–Trinajstić information content (AvgIpc) is 2.66. The molecule has 2 aromatic rings. The van der Waals surface area contributed by atoms with E-state index in [0.717, 1.165) is 11.3 Å². The van der Waals surface area contributed by atoms with Gasteiger partial charge in [0.1, 0.15) is 0 Å². The highest BCUT2D eigenvalue weighted by Gasteiger charge is 2.60. The summed E-state index contributed by atoms with van der Waals surface area (Å²) in [5.74, 6) is -3.78. The second-order valence-electron chi connectivity index (χ2n) is 4.41. The fraction of sp³-hybridized carbons (Fsp3) is 0.417. The van der Waals surface area contributed by atoms with Gasteiger partial charge in [0.05, 0.1) is 21.3 Å². The highest BCUT2D eigenvalue weighted by molar-refractivity contribution is 7.18. The SMILES string of the molecule is OC(Cc1nc2ccccc2s1)C(C(F)(F)F)C(F)(F)F. The molecule has 0 saturated carbocycles. The van der Waals surface area contributed by atoms with Crippen molar-refractivity contribution in [2.75, 3.05) is 0 Å². The maximum absolute atomic E-state index is 12.5. The number of hydrogen-bond acceptors (Lipinski definition) is 3. The minimum absolute atomic E-state index is 0.0298. The van der Waals surface area contributed by atoms with Gasteiger partial charge in [0.25, 0.3) is 0 Å². The van der Waals surface area contributed by atoms with E-state index in [0.29, 0.717) is 10.2 Å². The molecule has 0 spiro atoms. The molecule has 0 bridgehead atoms. The van der Waals surface area contributed by atoms with E-state index in [1.165, 1.54) is 0 Å². The fourth-order valence-electron chi connectivity index (χ4n) is 1.93. The van der Waals surface area contributed by atoms with Crippen LogP contribution in [0.1, 0.15) is 5.01 Å². The standard InChI is InChI=1S/C12H9F6NOS/c13-11(14,15)10(12(16,17)18)7(20)5-9-19-6-3-1-2-4-8(6)21-9/h1-4,7,10,20H,5H2. The molecule has 9 heteroatoms. The molecule has 1 atom stereocenters. The van der Waals surface area contributed by atoms with Crippen LogP contribution in [0.2, 0.25) is 0 Å². The van der Waals surface area contributed by atoms with Crippen molar-refractivity contribution in [3.05, 3.63) is 29.3 Å². The van der Waals surface area contributed by atoms with Gasteiger partial charge in [-0.25, -0.2) is 4.98 Å². The highest BCUT2D eigenvalue weighted by atomic mass is 32.1. The van der Waals surface area contributed by atoms with Crippen molar-refractivity contribution in [2.24, 2.45) is 5.92 Å². The molecule has 1 aromatic carbocycles. The van der Waals surface area contributed by atoms with Crippen molar-refractivity contribution in [3.63, 3.8) is 0 Å². The van der Waals surface area contributed by atoms with Gasteiger partial charge in [-0.15, -0.1) is 11.3 Å². The van der Waals surface area contributed by atoms with Crippen LogP contribution in [0.15, 0.2) is 24.3 Å². The molecule has 1 unspecified atom stereocenters. The maximum Gasteiger partial charge on any atom is 0.403 e. The van der Waals surface area contributed by atoms with Gasteiger partial charge in [-0.3, -0.25) is 0 Å². The summed E-state index contributed by atoms with van der Waals surface area (Å²) >= 11 is 0.958. The molecule has 2 rings (SSSR count). The number of fused-ring (bicyclic) bond motifs is 1. The summed E-state index contributed by atoms with van der Waals surface area (Å²) in [7, 11) is 0. The van der Waals surface area contributed by atoms with E-state index in [2.05, 4.69) is 4.98 Å². The zero-order valence-electron chi connectivity index (χ0n) is 10.2. The van der Waals surface area contributed by atoms with E-state index in [4.69, 9.17) is 0 Å². The summed E-state index contributed by atoms with van der Waals surface area (Å²) in [6.07, 6.45) is -14.5. The van der Waals surface area contributed by atoms with Crippen LogP contribution in [0.5, 0.6) is 0 Å². The van der Waals surface area contributed by atoms with E-state index >= 15 is 0 Å². The van der Waals surface area contributed by atoms with Crippen molar-refractivity contribution < 1.29 is 31.4 Å². The predicted octanol–water partition coefficient (Wildman–Crippen LogP) is 3.94. The molecule has 0 saturated heterocycles. The normalized spacial score (nSPS) is 14.9. The molecule has 0 radical (unpaired) electrons. The van der Waals surface area contributed by atoms with E-state index in [-0.39, 0.29) is 5.01 Å². The molecule has 0 fully saturated rings.